The molecule has 2 aromatic carbocycles. The summed E-state index contributed by atoms with van der Waals surface area (Å²) in [6.45, 7) is 1.93. The SMILES string of the molecule is Cc1ccc(C(=O)N(C)c2ccccc2[N+](=O)[O-])cc1. The second-order valence-electron chi connectivity index (χ2n) is 4.48. The molecule has 2 aromatic rings. The fourth-order valence-electron chi connectivity index (χ4n) is 1.90. The lowest BCUT2D eigenvalue weighted by Crippen LogP contribution is -2.26. The highest BCUT2D eigenvalue weighted by Gasteiger charge is 2.21. The van der Waals surface area contributed by atoms with Crippen LogP contribution < -0.4 is 4.90 Å². The van der Waals surface area contributed by atoms with Gasteiger partial charge in [0.1, 0.15) is 5.69 Å². The molecule has 0 aliphatic rings. The number of carbonyl (C=O) groups excluding carboxylic acids is 1. The van der Waals surface area contributed by atoms with E-state index in [-0.39, 0.29) is 17.3 Å². The van der Waals surface area contributed by atoms with Gasteiger partial charge in [-0.3, -0.25) is 14.9 Å². The number of benzene rings is 2. The summed E-state index contributed by atoms with van der Waals surface area (Å²) in [4.78, 5) is 24.1. The minimum Gasteiger partial charge on any atom is -0.305 e. The summed E-state index contributed by atoms with van der Waals surface area (Å²) in [7, 11) is 1.53. The molecule has 2 rings (SSSR count). The molecule has 0 bridgehead atoms. The highest BCUT2D eigenvalue weighted by atomic mass is 16.6. The van der Waals surface area contributed by atoms with E-state index in [0.29, 0.717) is 5.56 Å². The standard InChI is InChI=1S/C15H14N2O3/c1-11-7-9-12(10-8-11)15(18)16(2)13-5-3-4-6-14(13)17(19)20/h3-10H,1-2H3. The van der Waals surface area contributed by atoms with Crippen LogP contribution >= 0.6 is 0 Å². The summed E-state index contributed by atoms with van der Waals surface area (Å²) in [5.74, 6) is -0.278. The molecule has 5 heteroatoms. The number of nitro groups is 1. The zero-order valence-corrected chi connectivity index (χ0v) is 11.2. The van der Waals surface area contributed by atoms with Crippen LogP contribution in [0.15, 0.2) is 48.5 Å². The molecule has 0 heterocycles. The topological polar surface area (TPSA) is 63.5 Å². The Labute approximate surface area is 116 Å². The fourth-order valence-corrected chi connectivity index (χ4v) is 1.90. The van der Waals surface area contributed by atoms with E-state index in [0.717, 1.165) is 5.56 Å². The molecule has 0 radical (unpaired) electrons. The monoisotopic (exact) mass is 270 g/mol. The fraction of sp³-hybridized carbons (Fsp3) is 0.133. The van der Waals surface area contributed by atoms with E-state index in [1.807, 2.05) is 19.1 Å². The van der Waals surface area contributed by atoms with Crippen molar-refractivity contribution in [3.05, 3.63) is 69.8 Å². The molecule has 0 spiro atoms. The van der Waals surface area contributed by atoms with E-state index in [2.05, 4.69) is 0 Å². The maximum Gasteiger partial charge on any atom is 0.292 e. The first kappa shape index (κ1) is 13.7. The first-order chi connectivity index (χ1) is 9.50. The number of aryl methyl sites for hydroxylation is 1. The lowest BCUT2D eigenvalue weighted by Gasteiger charge is -2.17. The molecule has 0 aliphatic carbocycles. The smallest absolute Gasteiger partial charge is 0.292 e. The number of hydrogen-bond acceptors (Lipinski definition) is 3. The Morgan fingerprint density at radius 3 is 2.30 bits per heavy atom. The molecule has 102 valence electrons. The summed E-state index contributed by atoms with van der Waals surface area (Å²) in [5, 5.41) is 11.0. The highest BCUT2D eigenvalue weighted by Crippen LogP contribution is 2.27. The summed E-state index contributed by atoms with van der Waals surface area (Å²) in [5.41, 5.74) is 1.74. The molecule has 20 heavy (non-hydrogen) atoms. The zero-order valence-electron chi connectivity index (χ0n) is 11.2. The van der Waals surface area contributed by atoms with Crippen LogP contribution in [0.4, 0.5) is 11.4 Å². The predicted octanol–water partition coefficient (Wildman–Crippen LogP) is 3.18. The Hall–Kier alpha value is -2.69. The molecule has 0 saturated carbocycles. The van der Waals surface area contributed by atoms with Crippen LogP contribution in [0.5, 0.6) is 0 Å². The Bertz CT molecular complexity index is 650. The first-order valence-electron chi connectivity index (χ1n) is 6.09. The van der Waals surface area contributed by atoms with Gasteiger partial charge in [0.25, 0.3) is 11.6 Å². The van der Waals surface area contributed by atoms with E-state index < -0.39 is 4.92 Å². The molecule has 1 amide bonds. The van der Waals surface area contributed by atoms with Gasteiger partial charge in [0, 0.05) is 18.7 Å². The number of anilines is 1. The van der Waals surface area contributed by atoms with Crippen molar-refractivity contribution < 1.29 is 9.72 Å². The van der Waals surface area contributed by atoms with Crippen molar-refractivity contribution in [3.63, 3.8) is 0 Å². The minimum atomic E-state index is -0.492. The van der Waals surface area contributed by atoms with Gasteiger partial charge in [0.15, 0.2) is 0 Å². The van der Waals surface area contributed by atoms with E-state index in [1.165, 1.54) is 18.0 Å². The molecule has 0 fully saturated rings. The molecular weight excluding hydrogens is 256 g/mol. The zero-order chi connectivity index (χ0) is 14.7. The summed E-state index contributed by atoms with van der Waals surface area (Å²) >= 11 is 0. The molecule has 0 N–H and O–H groups in total. The van der Waals surface area contributed by atoms with Crippen LogP contribution in [0.25, 0.3) is 0 Å². The van der Waals surface area contributed by atoms with Gasteiger partial charge >= 0.3 is 0 Å². The number of amides is 1. The van der Waals surface area contributed by atoms with E-state index >= 15 is 0 Å². The van der Waals surface area contributed by atoms with Gasteiger partial charge in [0.2, 0.25) is 0 Å². The van der Waals surface area contributed by atoms with Crippen molar-refractivity contribution in [2.75, 3.05) is 11.9 Å². The van der Waals surface area contributed by atoms with E-state index in [1.54, 1.807) is 30.3 Å². The molecule has 0 atom stereocenters. The first-order valence-corrected chi connectivity index (χ1v) is 6.09. The normalized spacial score (nSPS) is 10.1. The predicted molar refractivity (Wildman–Crippen MR) is 77.0 cm³/mol. The van der Waals surface area contributed by atoms with Crippen LogP contribution in [0, 0.1) is 17.0 Å². The van der Waals surface area contributed by atoms with Crippen molar-refractivity contribution in [1.82, 2.24) is 0 Å². The van der Waals surface area contributed by atoms with E-state index in [9.17, 15) is 14.9 Å². The van der Waals surface area contributed by atoms with Crippen LogP contribution in [0.1, 0.15) is 15.9 Å². The number of rotatable bonds is 3. The van der Waals surface area contributed by atoms with Gasteiger partial charge in [-0.25, -0.2) is 0 Å². The van der Waals surface area contributed by atoms with E-state index in [4.69, 9.17) is 0 Å². The van der Waals surface area contributed by atoms with Crippen molar-refractivity contribution in [3.8, 4) is 0 Å². The van der Waals surface area contributed by atoms with Crippen LogP contribution in [0.2, 0.25) is 0 Å². The van der Waals surface area contributed by atoms with Gasteiger partial charge in [-0.2, -0.15) is 0 Å². The van der Waals surface area contributed by atoms with Crippen LogP contribution in [-0.4, -0.2) is 17.9 Å². The van der Waals surface area contributed by atoms with Crippen molar-refractivity contribution in [2.45, 2.75) is 6.92 Å². The number of nitrogens with zero attached hydrogens (tertiary/aromatic N) is 2. The molecule has 0 saturated heterocycles. The van der Waals surface area contributed by atoms with Crippen molar-refractivity contribution >= 4 is 17.3 Å². The van der Waals surface area contributed by atoms with Gasteiger partial charge in [-0.05, 0) is 25.1 Å². The number of nitro benzene ring substituents is 1. The Kier molecular flexibility index (Phi) is 3.79. The van der Waals surface area contributed by atoms with Crippen molar-refractivity contribution in [2.24, 2.45) is 0 Å². The lowest BCUT2D eigenvalue weighted by atomic mass is 10.1. The van der Waals surface area contributed by atoms with Gasteiger partial charge in [-0.15, -0.1) is 0 Å². The number of carbonyl (C=O) groups is 1. The molecular formula is C15H14N2O3. The maximum absolute atomic E-state index is 12.3. The maximum atomic E-state index is 12.3. The van der Waals surface area contributed by atoms with Gasteiger partial charge < -0.3 is 4.90 Å². The minimum absolute atomic E-state index is 0.0875. The number of para-hydroxylation sites is 2. The largest absolute Gasteiger partial charge is 0.305 e. The second-order valence-corrected chi connectivity index (χ2v) is 4.48. The summed E-state index contributed by atoms with van der Waals surface area (Å²) < 4.78 is 0. The highest BCUT2D eigenvalue weighted by molar-refractivity contribution is 6.06. The summed E-state index contributed by atoms with van der Waals surface area (Å²) in [6, 6.07) is 13.3. The Morgan fingerprint density at radius 2 is 1.70 bits per heavy atom. The molecule has 0 aliphatic heterocycles. The average molecular weight is 270 g/mol. The number of hydrogen-bond donors (Lipinski definition) is 0. The molecule has 5 nitrogen and oxygen atoms in total. The second kappa shape index (κ2) is 5.52. The third-order valence-corrected chi connectivity index (χ3v) is 3.04. The quantitative estimate of drug-likeness (QED) is 0.635. The Morgan fingerprint density at radius 1 is 1.10 bits per heavy atom. The van der Waals surface area contributed by atoms with Crippen molar-refractivity contribution in [1.29, 1.82) is 0 Å². The Balaban J connectivity index is 2.36. The lowest BCUT2D eigenvalue weighted by molar-refractivity contribution is -0.384. The third-order valence-electron chi connectivity index (χ3n) is 3.04. The third kappa shape index (κ3) is 2.66. The molecule has 0 unspecified atom stereocenters. The van der Waals surface area contributed by atoms with Gasteiger partial charge in [0.05, 0.1) is 4.92 Å². The van der Waals surface area contributed by atoms with Gasteiger partial charge in [-0.1, -0.05) is 29.8 Å². The summed E-state index contributed by atoms with van der Waals surface area (Å²) in [6.07, 6.45) is 0. The van der Waals surface area contributed by atoms with Crippen LogP contribution in [-0.2, 0) is 0 Å². The molecule has 0 aromatic heterocycles. The average Bonchev–Trinajstić information content (AvgIpc) is 2.46. The van der Waals surface area contributed by atoms with Crippen LogP contribution in [0.3, 0.4) is 0 Å².